The van der Waals surface area contributed by atoms with E-state index in [0.29, 0.717) is 6.61 Å². The maximum Gasteiger partial charge on any atom is 0.0487 e. The van der Waals surface area contributed by atoms with Gasteiger partial charge in [0.1, 0.15) is 0 Å². The molecule has 13 heavy (non-hydrogen) atoms. The average Bonchev–Trinajstić information content (AvgIpc) is 2.15. The van der Waals surface area contributed by atoms with Gasteiger partial charge in [-0.25, -0.2) is 0 Å². The molecule has 0 aliphatic carbocycles. The minimum atomic E-state index is 0.250. The van der Waals surface area contributed by atoms with Crippen molar-refractivity contribution in [2.75, 3.05) is 6.61 Å². The fraction of sp³-hybridized carbons (Fsp3) is 1.00. The minimum absolute atomic E-state index is 0.250. The summed E-state index contributed by atoms with van der Waals surface area (Å²) < 4.78 is 0. The molecule has 1 nitrogen and oxygen atoms in total. The minimum Gasteiger partial charge on any atom is -0.396 e. The van der Waals surface area contributed by atoms with Crippen LogP contribution in [0.25, 0.3) is 0 Å². The van der Waals surface area contributed by atoms with Crippen LogP contribution in [0.1, 0.15) is 65.7 Å². The van der Waals surface area contributed by atoms with E-state index in [2.05, 4.69) is 20.8 Å². The Morgan fingerprint density at radius 2 is 1.38 bits per heavy atom. The topological polar surface area (TPSA) is 20.2 Å². The van der Waals surface area contributed by atoms with Gasteiger partial charge in [-0.15, -0.1) is 0 Å². The summed E-state index contributed by atoms with van der Waals surface area (Å²) in [6.07, 6.45) is 8.50. The lowest BCUT2D eigenvalue weighted by Gasteiger charge is -2.31. The molecule has 0 rings (SSSR count). The quantitative estimate of drug-likeness (QED) is 0.612. The van der Waals surface area contributed by atoms with Gasteiger partial charge in [0.25, 0.3) is 0 Å². The van der Waals surface area contributed by atoms with Crippen LogP contribution < -0.4 is 0 Å². The molecule has 0 heterocycles. The van der Waals surface area contributed by atoms with Crippen LogP contribution in [0.2, 0.25) is 0 Å². The van der Waals surface area contributed by atoms with E-state index in [1.165, 1.54) is 44.9 Å². The third-order valence-corrected chi connectivity index (χ3v) is 2.96. The van der Waals surface area contributed by atoms with Crippen molar-refractivity contribution in [3.8, 4) is 0 Å². The number of unbranched alkanes of at least 4 members (excludes halogenated alkanes) is 1. The van der Waals surface area contributed by atoms with Gasteiger partial charge in [0.05, 0.1) is 0 Å². The zero-order valence-corrected chi connectivity index (χ0v) is 9.60. The zero-order chi connectivity index (χ0) is 10.2. The lowest BCUT2D eigenvalue weighted by Crippen LogP contribution is -2.25. The normalized spacial score (nSPS) is 12.0. The third-order valence-electron chi connectivity index (χ3n) is 2.96. The van der Waals surface area contributed by atoms with E-state index in [-0.39, 0.29) is 5.41 Å². The summed E-state index contributed by atoms with van der Waals surface area (Å²) in [6, 6.07) is 0. The van der Waals surface area contributed by atoms with E-state index in [4.69, 9.17) is 0 Å². The standard InChI is InChI=1S/C12H26O/c1-4-7-10-12(11-13,8-5-2)9-6-3/h13H,4-11H2,1-3H3. The van der Waals surface area contributed by atoms with E-state index in [1.54, 1.807) is 0 Å². The van der Waals surface area contributed by atoms with Gasteiger partial charge in [0.15, 0.2) is 0 Å². The van der Waals surface area contributed by atoms with Gasteiger partial charge in [0, 0.05) is 6.61 Å². The molecule has 80 valence electrons. The molecule has 0 fully saturated rings. The summed E-state index contributed by atoms with van der Waals surface area (Å²) in [5.41, 5.74) is 0.250. The van der Waals surface area contributed by atoms with Crippen LogP contribution in [0, 0.1) is 5.41 Å². The third kappa shape index (κ3) is 4.66. The predicted octanol–water partition coefficient (Wildman–Crippen LogP) is 3.76. The highest BCUT2D eigenvalue weighted by molar-refractivity contribution is 4.77. The fourth-order valence-electron chi connectivity index (χ4n) is 2.22. The van der Waals surface area contributed by atoms with Crippen LogP contribution in [0.4, 0.5) is 0 Å². The van der Waals surface area contributed by atoms with E-state index in [1.807, 2.05) is 0 Å². The fourth-order valence-corrected chi connectivity index (χ4v) is 2.22. The molecule has 0 aliphatic heterocycles. The molecule has 0 aromatic rings. The van der Waals surface area contributed by atoms with Gasteiger partial charge in [-0.3, -0.25) is 0 Å². The Morgan fingerprint density at radius 1 is 0.846 bits per heavy atom. The summed E-state index contributed by atoms with van der Waals surface area (Å²) >= 11 is 0. The van der Waals surface area contributed by atoms with E-state index >= 15 is 0 Å². The van der Waals surface area contributed by atoms with Crippen molar-refractivity contribution in [3.05, 3.63) is 0 Å². The Hall–Kier alpha value is -0.0400. The van der Waals surface area contributed by atoms with Crippen molar-refractivity contribution in [1.82, 2.24) is 0 Å². The molecule has 0 bridgehead atoms. The number of rotatable bonds is 8. The molecular formula is C12H26O. The summed E-state index contributed by atoms with van der Waals surface area (Å²) in [5, 5.41) is 9.47. The number of hydrogen-bond acceptors (Lipinski definition) is 1. The monoisotopic (exact) mass is 186 g/mol. The van der Waals surface area contributed by atoms with Crippen molar-refractivity contribution in [1.29, 1.82) is 0 Å². The summed E-state index contributed by atoms with van der Waals surface area (Å²) in [4.78, 5) is 0. The van der Waals surface area contributed by atoms with Crippen molar-refractivity contribution in [2.24, 2.45) is 5.41 Å². The van der Waals surface area contributed by atoms with Crippen LogP contribution in [-0.4, -0.2) is 11.7 Å². The van der Waals surface area contributed by atoms with Crippen molar-refractivity contribution >= 4 is 0 Å². The molecule has 0 atom stereocenters. The SMILES string of the molecule is CCCCC(CO)(CCC)CCC. The molecule has 0 aromatic carbocycles. The molecule has 0 aliphatic rings. The van der Waals surface area contributed by atoms with E-state index in [9.17, 15) is 5.11 Å². The van der Waals surface area contributed by atoms with Crippen molar-refractivity contribution < 1.29 is 5.11 Å². The first-order valence-corrected chi connectivity index (χ1v) is 5.85. The Labute approximate surface area is 83.5 Å². The molecular weight excluding hydrogens is 160 g/mol. The summed E-state index contributed by atoms with van der Waals surface area (Å²) in [5.74, 6) is 0. The highest BCUT2D eigenvalue weighted by atomic mass is 16.3. The number of hydrogen-bond donors (Lipinski definition) is 1. The zero-order valence-electron chi connectivity index (χ0n) is 9.60. The Kier molecular flexibility index (Phi) is 7.35. The summed E-state index contributed by atoms with van der Waals surface area (Å²) in [7, 11) is 0. The molecule has 0 unspecified atom stereocenters. The Morgan fingerprint density at radius 3 is 1.69 bits per heavy atom. The second-order valence-electron chi connectivity index (χ2n) is 4.26. The van der Waals surface area contributed by atoms with Crippen LogP contribution in [-0.2, 0) is 0 Å². The Balaban J connectivity index is 4.07. The van der Waals surface area contributed by atoms with E-state index < -0.39 is 0 Å². The van der Waals surface area contributed by atoms with Crippen LogP contribution >= 0.6 is 0 Å². The summed E-state index contributed by atoms with van der Waals surface area (Å²) in [6.45, 7) is 7.03. The van der Waals surface area contributed by atoms with Crippen molar-refractivity contribution in [3.63, 3.8) is 0 Å². The van der Waals surface area contributed by atoms with Gasteiger partial charge < -0.3 is 5.11 Å². The highest BCUT2D eigenvalue weighted by Crippen LogP contribution is 2.34. The van der Waals surface area contributed by atoms with Crippen molar-refractivity contribution in [2.45, 2.75) is 65.7 Å². The molecule has 0 saturated heterocycles. The first kappa shape index (κ1) is 13.0. The molecule has 0 radical (unpaired) electrons. The van der Waals surface area contributed by atoms with Gasteiger partial charge in [-0.1, -0.05) is 46.5 Å². The number of aliphatic hydroxyl groups is 1. The van der Waals surface area contributed by atoms with Gasteiger partial charge in [-0.05, 0) is 24.7 Å². The maximum absolute atomic E-state index is 9.47. The average molecular weight is 186 g/mol. The molecule has 0 saturated carbocycles. The van der Waals surface area contributed by atoms with Gasteiger partial charge in [0.2, 0.25) is 0 Å². The highest BCUT2D eigenvalue weighted by Gasteiger charge is 2.26. The second-order valence-corrected chi connectivity index (χ2v) is 4.26. The maximum atomic E-state index is 9.47. The Bertz CT molecular complexity index is 104. The first-order valence-electron chi connectivity index (χ1n) is 5.85. The molecule has 1 heteroatoms. The van der Waals surface area contributed by atoms with Gasteiger partial charge in [-0.2, -0.15) is 0 Å². The van der Waals surface area contributed by atoms with E-state index in [0.717, 1.165) is 0 Å². The van der Waals surface area contributed by atoms with Crippen LogP contribution in [0.3, 0.4) is 0 Å². The van der Waals surface area contributed by atoms with Crippen LogP contribution in [0.15, 0.2) is 0 Å². The first-order chi connectivity index (χ1) is 6.24. The number of aliphatic hydroxyl groups excluding tert-OH is 1. The van der Waals surface area contributed by atoms with Crippen LogP contribution in [0.5, 0.6) is 0 Å². The lowest BCUT2D eigenvalue weighted by molar-refractivity contribution is 0.0907. The molecule has 0 amide bonds. The predicted molar refractivity (Wildman–Crippen MR) is 58.9 cm³/mol. The molecule has 0 aromatic heterocycles. The molecule has 0 spiro atoms. The smallest absolute Gasteiger partial charge is 0.0487 e. The molecule has 1 N–H and O–H groups in total. The van der Waals surface area contributed by atoms with Gasteiger partial charge >= 0.3 is 0 Å². The largest absolute Gasteiger partial charge is 0.396 e. The lowest BCUT2D eigenvalue weighted by atomic mass is 9.76. The second kappa shape index (κ2) is 7.37.